The van der Waals surface area contributed by atoms with Gasteiger partial charge in [0, 0.05) is 18.0 Å². The van der Waals surface area contributed by atoms with Crippen LogP contribution in [0.2, 0.25) is 0 Å². The van der Waals surface area contributed by atoms with Crippen LogP contribution in [0.25, 0.3) is 11.0 Å². The van der Waals surface area contributed by atoms with Gasteiger partial charge in [0.05, 0.1) is 18.8 Å². The van der Waals surface area contributed by atoms with Crippen molar-refractivity contribution in [3.05, 3.63) is 36.1 Å². The number of nitrogens with zero attached hydrogens (tertiary/aromatic N) is 1. The molecular formula is C17H22N2O2. The molecule has 0 spiro atoms. The second-order valence-corrected chi connectivity index (χ2v) is 6.12. The predicted molar refractivity (Wildman–Crippen MR) is 82.3 cm³/mol. The van der Waals surface area contributed by atoms with Gasteiger partial charge in [-0.2, -0.15) is 0 Å². The highest BCUT2D eigenvalue weighted by Crippen LogP contribution is 2.31. The SMILES string of the molecule is CNC(c1cc2ccccc2o1)C1CN2CCCC2CO1. The second-order valence-electron chi connectivity index (χ2n) is 6.12. The Bertz CT molecular complexity index is 591. The van der Waals surface area contributed by atoms with Crippen LogP contribution in [-0.4, -0.2) is 43.8 Å². The Morgan fingerprint density at radius 1 is 1.33 bits per heavy atom. The molecule has 3 heterocycles. The molecule has 3 atom stereocenters. The minimum atomic E-state index is 0.110. The van der Waals surface area contributed by atoms with Crippen molar-refractivity contribution in [2.24, 2.45) is 0 Å². The average Bonchev–Trinajstić information content (AvgIpc) is 3.13. The molecule has 2 aromatic rings. The average molecular weight is 286 g/mol. The Hall–Kier alpha value is -1.36. The highest BCUT2D eigenvalue weighted by Gasteiger charge is 2.36. The first-order chi connectivity index (χ1) is 10.3. The first-order valence-corrected chi connectivity index (χ1v) is 7.86. The zero-order valence-electron chi connectivity index (χ0n) is 12.4. The summed E-state index contributed by atoms with van der Waals surface area (Å²) in [6, 6.07) is 11.0. The lowest BCUT2D eigenvalue weighted by Crippen LogP contribution is -2.50. The number of hydrogen-bond donors (Lipinski definition) is 1. The highest BCUT2D eigenvalue weighted by atomic mass is 16.5. The summed E-state index contributed by atoms with van der Waals surface area (Å²) < 4.78 is 12.2. The summed E-state index contributed by atoms with van der Waals surface area (Å²) in [5.74, 6) is 0.973. The maximum atomic E-state index is 6.13. The normalized spacial score (nSPS) is 27.9. The van der Waals surface area contributed by atoms with Crippen LogP contribution in [0, 0.1) is 0 Å². The Labute approximate surface area is 125 Å². The van der Waals surface area contributed by atoms with Gasteiger partial charge in [0.15, 0.2) is 0 Å². The molecule has 1 aromatic heterocycles. The van der Waals surface area contributed by atoms with E-state index in [-0.39, 0.29) is 12.1 Å². The third-order valence-electron chi connectivity index (χ3n) is 4.85. The van der Waals surface area contributed by atoms with Gasteiger partial charge in [-0.3, -0.25) is 4.90 Å². The van der Waals surface area contributed by atoms with E-state index in [1.165, 1.54) is 19.4 Å². The van der Waals surface area contributed by atoms with Crippen molar-refractivity contribution >= 4 is 11.0 Å². The molecule has 1 N–H and O–H groups in total. The van der Waals surface area contributed by atoms with E-state index in [9.17, 15) is 0 Å². The number of ether oxygens (including phenoxy) is 1. The molecule has 0 saturated carbocycles. The lowest BCUT2D eigenvalue weighted by atomic mass is 10.0. The smallest absolute Gasteiger partial charge is 0.134 e. The van der Waals surface area contributed by atoms with Crippen molar-refractivity contribution in [3.63, 3.8) is 0 Å². The van der Waals surface area contributed by atoms with Gasteiger partial charge in [-0.1, -0.05) is 18.2 Å². The molecule has 1 aromatic carbocycles. The summed E-state index contributed by atoms with van der Waals surface area (Å²) in [4.78, 5) is 2.57. The van der Waals surface area contributed by atoms with E-state index < -0.39 is 0 Å². The molecule has 2 aliphatic heterocycles. The molecule has 2 saturated heterocycles. The molecule has 0 amide bonds. The van der Waals surface area contributed by atoms with Crippen LogP contribution in [0.15, 0.2) is 34.7 Å². The molecule has 4 rings (SSSR count). The lowest BCUT2D eigenvalue weighted by Gasteiger charge is -2.38. The molecule has 2 fully saturated rings. The Kier molecular flexibility index (Phi) is 3.45. The third kappa shape index (κ3) is 2.37. The molecule has 4 nitrogen and oxygen atoms in total. The summed E-state index contributed by atoms with van der Waals surface area (Å²) in [6.07, 6.45) is 2.74. The summed E-state index contributed by atoms with van der Waals surface area (Å²) in [5, 5.41) is 4.54. The number of para-hydroxylation sites is 1. The maximum absolute atomic E-state index is 6.13. The van der Waals surface area contributed by atoms with E-state index in [4.69, 9.17) is 9.15 Å². The van der Waals surface area contributed by atoms with Crippen molar-refractivity contribution in [3.8, 4) is 0 Å². The van der Waals surface area contributed by atoms with Gasteiger partial charge in [-0.25, -0.2) is 0 Å². The number of nitrogens with one attached hydrogen (secondary N) is 1. The summed E-state index contributed by atoms with van der Waals surface area (Å²) in [7, 11) is 1.98. The van der Waals surface area contributed by atoms with Crippen molar-refractivity contribution in [2.45, 2.75) is 31.0 Å². The number of likely N-dealkylation sites (N-methyl/N-ethyl adjacent to an activating group) is 1. The number of furan rings is 1. The van der Waals surface area contributed by atoms with Crippen LogP contribution >= 0.6 is 0 Å². The topological polar surface area (TPSA) is 37.6 Å². The van der Waals surface area contributed by atoms with Crippen LogP contribution < -0.4 is 5.32 Å². The summed E-state index contributed by atoms with van der Waals surface area (Å²) >= 11 is 0. The van der Waals surface area contributed by atoms with Crippen molar-refractivity contribution in [1.29, 1.82) is 0 Å². The van der Waals surface area contributed by atoms with Gasteiger partial charge < -0.3 is 14.5 Å². The highest BCUT2D eigenvalue weighted by molar-refractivity contribution is 5.77. The quantitative estimate of drug-likeness (QED) is 0.941. The minimum absolute atomic E-state index is 0.110. The molecule has 0 radical (unpaired) electrons. The molecule has 2 aliphatic rings. The third-order valence-corrected chi connectivity index (χ3v) is 4.85. The van der Waals surface area contributed by atoms with Gasteiger partial charge in [0.2, 0.25) is 0 Å². The van der Waals surface area contributed by atoms with Crippen LogP contribution in [-0.2, 0) is 4.74 Å². The van der Waals surface area contributed by atoms with Crippen molar-refractivity contribution in [1.82, 2.24) is 10.2 Å². The van der Waals surface area contributed by atoms with Crippen molar-refractivity contribution < 1.29 is 9.15 Å². The molecule has 0 aliphatic carbocycles. The van der Waals surface area contributed by atoms with Gasteiger partial charge in [-0.05, 0) is 38.6 Å². The largest absolute Gasteiger partial charge is 0.459 e. The van der Waals surface area contributed by atoms with Gasteiger partial charge >= 0.3 is 0 Å². The predicted octanol–water partition coefficient (Wildman–Crippen LogP) is 2.56. The Morgan fingerprint density at radius 3 is 3.10 bits per heavy atom. The van der Waals surface area contributed by atoms with Gasteiger partial charge in [0.25, 0.3) is 0 Å². The number of morpholine rings is 1. The molecule has 21 heavy (non-hydrogen) atoms. The molecule has 4 heteroatoms. The number of rotatable bonds is 3. The molecular weight excluding hydrogens is 264 g/mol. The first-order valence-electron chi connectivity index (χ1n) is 7.86. The van der Waals surface area contributed by atoms with E-state index in [0.717, 1.165) is 29.9 Å². The van der Waals surface area contributed by atoms with Crippen LogP contribution in [0.1, 0.15) is 24.6 Å². The Balaban J connectivity index is 1.59. The first kappa shape index (κ1) is 13.3. The Morgan fingerprint density at radius 2 is 2.24 bits per heavy atom. The van der Waals surface area contributed by atoms with Crippen molar-refractivity contribution in [2.75, 3.05) is 26.7 Å². The lowest BCUT2D eigenvalue weighted by molar-refractivity contribution is -0.0668. The zero-order chi connectivity index (χ0) is 14.2. The fraction of sp³-hybridized carbons (Fsp3) is 0.529. The maximum Gasteiger partial charge on any atom is 0.134 e. The fourth-order valence-corrected chi connectivity index (χ4v) is 3.71. The minimum Gasteiger partial charge on any atom is -0.459 e. The van der Waals surface area contributed by atoms with E-state index in [2.05, 4.69) is 22.3 Å². The van der Waals surface area contributed by atoms with Crippen LogP contribution in [0.5, 0.6) is 0 Å². The molecule has 3 unspecified atom stereocenters. The number of hydrogen-bond acceptors (Lipinski definition) is 4. The fourth-order valence-electron chi connectivity index (χ4n) is 3.71. The zero-order valence-corrected chi connectivity index (χ0v) is 12.4. The monoisotopic (exact) mass is 286 g/mol. The standard InChI is InChI=1S/C17H22N2O2/c1-18-17(15-9-12-5-2-3-7-14(12)21-15)16-10-19-8-4-6-13(19)11-20-16/h2-3,5,7,9,13,16-18H,4,6,8,10-11H2,1H3. The van der Waals surface area contributed by atoms with Gasteiger partial charge in [-0.15, -0.1) is 0 Å². The summed E-state index contributed by atoms with van der Waals surface area (Å²) in [5.41, 5.74) is 0.947. The van der Waals surface area contributed by atoms with Crippen LogP contribution in [0.4, 0.5) is 0 Å². The van der Waals surface area contributed by atoms with E-state index in [1.54, 1.807) is 0 Å². The van der Waals surface area contributed by atoms with E-state index >= 15 is 0 Å². The molecule has 112 valence electrons. The van der Waals surface area contributed by atoms with E-state index in [0.29, 0.717) is 6.04 Å². The number of benzene rings is 1. The second kappa shape index (κ2) is 5.44. The number of fused-ring (bicyclic) bond motifs is 2. The van der Waals surface area contributed by atoms with E-state index in [1.807, 2.05) is 25.2 Å². The molecule has 0 bridgehead atoms. The van der Waals surface area contributed by atoms with Crippen LogP contribution in [0.3, 0.4) is 0 Å². The van der Waals surface area contributed by atoms with Gasteiger partial charge in [0.1, 0.15) is 11.3 Å². The summed E-state index contributed by atoms with van der Waals surface area (Å²) in [6.45, 7) is 3.05.